The number of hydroxylamine groups is 1. The second kappa shape index (κ2) is 6.39. The van der Waals surface area contributed by atoms with Gasteiger partial charge < -0.3 is 0 Å². The summed E-state index contributed by atoms with van der Waals surface area (Å²) in [7, 11) is 3.89. The largest absolute Gasteiger partial charge is 0.297 e. The first-order chi connectivity index (χ1) is 10.7. The van der Waals surface area contributed by atoms with Crippen molar-refractivity contribution in [2.45, 2.75) is 50.6 Å². The molecule has 2 saturated heterocycles. The predicted octanol–water partition coefficient (Wildman–Crippen LogP) is 3.59. The molecule has 2 heterocycles. The van der Waals surface area contributed by atoms with Crippen LogP contribution in [0.1, 0.15) is 44.1 Å². The highest BCUT2D eigenvalue weighted by atomic mass is 19.1. The first-order valence-corrected chi connectivity index (χ1v) is 8.15. The molecule has 0 saturated carbocycles. The van der Waals surface area contributed by atoms with Gasteiger partial charge in [-0.25, -0.2) is 4.39 Å². The highest BCUT2D eigenvalue weighted by Crippen LogP contribution is 2.47. The molecule has 3 unspecified atom stereocenters. The molecule has 1 aromatic carbocycles. The van der Waals surface area contributed by atoms with Gasteiger partial charge in [-0.15, -0.1) is 0 Å². The SMILES string of the molecule is CCC(NOC)=C1C(c2ccc(F)cc2)CC2CCC1N2C. The smallest absolute Gasteiger partial charge is 0.123 e. The van der Waals surface area contributed by atoms with Crippen molar-refractivity contribution < 1.29 is 9.23 Å². The number of allylic oxidation sites excluding steroid dienone is 1. The summed E-state index contributed by atoms with van der Waals surface area (Å²) >= 11 is 0. The summed E-state index contributed by atoms with van der Waals surface area (Å²) in [6.07, 6.45) is 4.45. The fourth-order valence-corrected chi connectivity index (χ4v) is 4.18. The van der Waals surface area contributed by atoms with E-state index in [9.17, 15) is 4.39 Å². The van der Waals surface area contributed by atoms with Gasteiger partial charge in [0.2, 0.25) is 0 Å². The van der Waals surface area contributed by atoms with Gasteiger partial charge >= 0.3 is 0 Å². The van der Waals surface area contributed by atoms with Crippen LogP contribution in [0.2, 0.25) is 0 Å². The fourth-order valence-electron chi connectivity index (χ4n) is 4.18. The molecule has 0 aromatic heterocycles. The molecule has 1 aromatic rings. The number of fused-ring (bicyclic) bond motifs is 2. The molecule has 3 nitrogen and oxygen atoms in total. The van der Waals surface area contributed by atoms with E-state index in [1.807, 2.05) is 12.1 Å². The van der Waals surface area contributed by atoms with E-state index in [1.165, 1.54) is 29.7 Å². The van der Waals surface area contributed by atoms with E-state index in [4.69, 9.17) is 4.84 Å². The number of hydrogen-bond donors (Lipinski definition) is 1. The highest BCUT2D eigenvalue weighted by Gasteiger charge is 2.43. The molecule has 2 aliphatic heterocycles. The first-order valence-electron chi connectivity index (χ1n) is 8.15. The van der Waals surface area contributed by atoms with Gasteiger partial charge in [-0.05, 0) is 56.0 Å². The molecule has 22 heavy (non-hydrogen) atoms. The Morgan fingerprint density at radius 1 is 1.32 bits per heavy atom. The van der Waals surface area contributed by atoms with Crippen molar-refractivity contribution in [3.05, 3.63) is 46.9 Å². The van der Waals surface area contributed by atoms with Gasteiger partial charge in [-0.2, -0.15) is 0 Å². The lowest BCUT2D eigenvalue weighted by molar-refractivity contribution is 0.110. The van der Waals surface area contributed by atoms with Crippen LogP contribution in [0.3, 0.4) is 0 Å². The summed E-state index contributed by atoms with van der Waals surface area (Å²) < 4.78 is 13.3. The number of piperidine rings is 1. The third-order valence-electron chi connectivity index (χ3n) is 5.28. The summed E-state index contributed by atoms with van der Waals surface area (Å²) in [5.74, 6) is 0.183. The summed E-state index contributed by atoms with van der Waals surface area (Å²) in [5, 5.41) is 0. The molecule has 0 aliphatic carbocycles. The molecule has 4 heteroatoms. The number of nitrogens with one attached hydrogen (secondary N) is 1. The van der Waals surface area contributed by atoms with E-state index < -0.39 is 0 Å². The van der Waals surface area contributed by atoms with Crippen LogP contribution in [0, 0.1) is 5.82 Å². The number of likely N-dealkylation sites (N-methyl/N-ethyl adjacent to an activating group) is 1. The number of hydrogen-bond acceptors (Lipinski definition) is 3. The molecular weight excluding hydrogens is 279 g/mol. The van der Waals surface area contributed by atoms with Crippen LogP contribution in [0.4, 0.5) is 4.39 Å². The highest BCUT2D eigenvalue weighted by molar-refractivity contribution is 5.38. The van der Waals surface area contributed by atoms with Crippen LogP contribution >= 0.6 is 0 Å². The van der Waals surface area contributed by atoms with Gasteiger partial charge in [0.1, 0.15) is 5.82 Å². The zero-order valence-electron chi connectivity index (χ0n) is 13.6. The van der Waals surface area contributed by atoms with E-state index >= 15 is 0 Å². The summed E-state index contributed by atoms with van der Waals surface area (Å²) in [6, 6.07) is 8.11. The van der Waals surface area contributed by atoms with E-state index in [1.54, 1.807) is 19.2 Å². The Balaban J connectivity index is 2.04. The number of benzene rings is 1. The molecule has 3 atom stereocenters. The summed E-state index contributed by atoms with van der Waals surface area (Å²) in [6.45, 7) is 2.15. The van der Waals surface area contributed by atoms with Crippen molar-refractivity contribution in [3.63, 3.8) is 0 Å². The second-order valence-electron chi connectivity index (χ2n) is 6.35. The average molecular weight is 304 g/mol. The van der Waals surface area contributed by atoms with Gasteiger partial charge in [0.15, 0.2) is 0 Å². The normalized spacial score (nSPS) is 30.5. The standard InChI is InChI=1S/C18H25FN2O/c1-4-16(20-22-3)18-15(12-5-7-13(19)8-6-12)11-14-9-10-17(18)21(14)2/h5-8,14-15,17,20H,4,9-11H2,1-3H3. The molecule has 1 N–H and O–H groups in total. The molecule has 0 spiro atoms. The molecule has 120 valence electrons. The third-order valence-corrected chi connectivity index (χ3v) is 5.28. The van der Waals surface area contributed by atoms with Crippen LogP contribution in [0.15, 0.2) is 35.5 Å². The Hall–Kier alpha value is -1.39. The van der Waals surface area contributed by atoms with Crippen molar-refractivity contribution in [1.82, 2.24) is 10.4 Å². The zero-order valence-corrected chi connectivity index (χ0v) is 13.6. The molecule has 2 bridgehead atoms. The fraction of sp³-hybridized carbons (Fsp3) is 0.556. The van der Waals surface area contributed by atoms with Gasteiger partial charge in [-0.3, -0.25) is 15.2 Å². The minimum Gasteiger partial charge on any atom is -0.297 e. The van der Waals surface area contributed by atoms with E-state index in [0.717, 1.165) is 12.8 Å². The maximum atomic E-state index is 13.3. The molecule has 0 radical (unpaired) electrons. The number of nitrogens with zero attached hydrogens (tertiary/aromatic N) is 1. The minimum absolute atomic E-state index is 0.170. The van der Waals surface area contributed by atoms with Crippen LogP contribution in [-0.4, -0.2) is 31.1 Å². The van der Waals surface area contributed by atoms with Gasteiger partial charge in [0.25, 0.3) is 0 Å². The van der Waals surface area contributed by atoms with E-state index in [-0.39, 0.29) is 5.82 Å². The number of rotatable bonds is 4. The monoisotopic (exact) mass is 304 g/mol. The molecule has 0 amide bonds. The molecular formula is C18H25FN2O. The lowest BCUT2D eigenvalue weighted by Gasteiger charge is -2.40. The van der Waals surface area contributed by atoms with Gasteiger partial charge in [0.05, 0.1) is 7.11 Å². The Morgan fingerprint density at radius 3 is 2.68 bits per heavy atom. The van der Waals surface area contributed by atoms with Crippen molar-refractivity contribution in [3.8, 4) is 0 Å². The van der Waals surface area contributed by atoms with Crippen molar-refractivity contribution in [2.24, 2.45) is 0 Å². The van der Waals surface area contributed by atoms with Crippen LogP contribution in [-0.2, 0) is 4.84 Å². The lowest BCUT2D eigenvalue weighted by Crippen LogP contribution is -2.42. The van der Waals surface area contributed by atoms with Crippen LogP contribution < -0.4 is 5.48 Å². The molecule has 3 rings (SSSR count). The average Bonchev–Trinajstić information content (AvgIpc) is 2.76. The van der Waals surface area contributed by atoms with Gasteiger partial charge in [-0.1, -0.05) is 19.1 Å². The Bertz CT molecular complexity index is 555. The maximum absolute atomic E-state index is 13.3. The van der Waals surface area contributed by atoms with Crippen LogP contribution in [0.5, 0.6) is 0 Å². The Labute approximate surface area is 132 Å². The van der Waals surface area contributed by atoms with Crippen molar-refractivity contribution in [1.29, 1.82) is 0 Å². The third kappa shape index (κ3) is 2.66. The first kappa shape index (κ1) is 15.5. The van der Waals surface area contributed by atoms with Crippen molar-refractivity contribution >= 4 is 0 Å². The summed E-state index contributed by atoms with van der Waals surface area (Å²) in [5.41, 5.74) is 6.91. The molecule has 2 aliphatic rings. The Morgan fingerprint density at radius 2 is 2.05 bits per heavy atom. The molecule has 2 fully saturated rings. The lowest BCUT2D eigenvalue weighted by atomic mass is 9.79. The van der Waals surface area contributed by atoms with E-state index in [0.29, 0.717) is 18.0 Å². The van der Waals surface area contributed by atoms with E-state index in [2.05, 4.69) is 24.4 Å². The second-order valence-corrected chi connectivity index (χ2v) is 6.35. The van der Waals surface area contributed by atoms with Gasteiger partial charge in [0, 0.05) is 23.7 Å². The predicted molar refractivity (Wildman–Crippen MR) is 85.8 cm³/mol. The topological polar surface area (TPSA) is 24.5 Å². The van der Waals surface area contributed by atoms with Crippen molar-refractivity contribution in [2.75, 3.05) is 14.2 Å². The Kier molecular flexibility index (Phi) is 4.50. The zero-order chi connectivity index (χ0) is 15.7. The van der Waals surface area contributed by atoms with Crippen LogP contribution in [0.25, 0.3) is 0 Å². The maximum Gasteiger partial charge on any atom is 0.123 e. The quantitative estimate of drug-likeness (QED) is 0.860. The summed E-state index contributed by atoms with van der Waals surface area (Å²) in [4.78, 5) is 7.71. The number of halogens is 1. The minimum atomic E-state index is -0.170.